The molecule has 5 heteroatoms. The molecule has 2 aromatic carbocycles. The lowest BCUT2D eigenvalue weighted by Gasteiger charge is -2.10. The largest absolute Gasteiger partial charge is 0.380 e. The van der Waals surface area contributed by atoms with E-state index in [1.807, 2.05) is 6.07 Å². The van der Waals surface area contributed by atoms with E-state index in [-0.39, 0.29) is 5.82 Å². The van der Waals surface area contributed by atoms with E-state index in [1.54, 1.807) is 18.2 Å². The van der Waals surface area contributed by atoms with Crippen LogP contribution in [-0.2, 0) is 6.54 Å². The highest BCUT2D eigenvalue weighted by Crippen LogP contribution is 2.24. The molecule has 0 heterocycles. The molecule has 1 N–H and O–H groups in total. The molecule has 0 radical (unpaired) electrons. The van der Waals surface area contributed by atoms with E-state index in [0.29, 0.717) is 27.8 Å². The number of rotatable bonds is 3. The highest BCUT2D eigenvalue weighted by molar-refractivity contribution is 6.33. The summed E-state index contributed by atoms with van der Waals surface area (Å²) in [4.78, 5) is 0. The zero-order valence-corrected chi connectivity index (χ0v) is 11.3. The third kappa shape index (κ3) is 3.37. The lowest BCUT2D eigenvalue weighted by Crippen LogP contribution is -2.01. The van der Waals surface area contributed by atoms with Crippen LogP contribution >= 0.6 is 23.2 Å². The van der Waals surface area contributed by atoms with Crippen molar-refractivity contribution < 1.29 is 4.39 Å². The molecule has 0 atom stereocenters. The summed E-state index contributed by atoms with van der Waals surface area (Å²) in [7, 11) is 0. The Labute approximate surface area is 120 Å². The Kier molecular flexibility index (Phi) is 4.26. The molecule has 0 aliphatic heterocycles. The summed E-state index contributed by atoms with van der Waals surface area (Å²) in [6.45, 7) is 0.397. The molecule has 96 valence electrons. The maximum Gasteiger partial charge on any atom is 0.125 e. The molecule has 2 aromatic rings. The van der Waals surface area contributed by atoms with Crippen molar-refractivity contribution in [1.82, 2.24) is 0 Å². The van der Waals surface area contributed by atoms with Crippen molar-refractivity contribution >= 4 is 28.9 Å². The van der Waals surface area contributed by atoms with Crippen LogP contribution in [0.15, 0.2) is 36.4 Å². The van der Waals surface area contributed by atoms with Gasteiger partial charge in [0.15, 0.2) is 0 Å². The number of halogens is 3. The predicted octanol–water partition coefficient (Wildman–Crippen LogP) is 4.62. The second kappa shape index (κ2) is 5.92. The van der Waals surface area contributed by atoms with Crippen LogP contribution in [-0.4, -0.2) is 0 Å². The minimum absolute atomic E-state index is 0.363. The van der Waals surface area contributed by atoms with Crippen molar-refractivity contribution in [2.24, 2.45) is 0 Å². The fraction of sp³-hybridized carbons (Fsp3) is 0.0714. The van der Waals surface area contributed by atoms with Crippen molar-refractivity contribution in [3.63, 3.8) is 0 Å². The van der Waals surface area contributed by atoms with Gasteiger partial charge in [0.2, 0.25) is 0 Å². The molecule has 0 unspecified atom stereocenters. The number of hydrogen-bond donors (Lipinski definition) is 1. The summed E-state index contributed by atoms with van der Waals surface area (Å²) < 4.78 is 13.1. The molecule has 0 aromatic heterocycles. The minimum atomic E-state index is -0.363. The second-order valence-electron chi connectivity index (χ2n) is 3.90. The third-order valence-corrected chi connectivity index (χ3v) is 3.26. The van der Waals surface area contributed by atoms with E-state index in [0.717, 1.165) is 5.56 Å². The Morgan fingerprint density at radius 3 is 2.58 bits per heavy atom. The van der Waals surface area contributed by atoms with Crippen LogP contribution in [0.2, 0.25) is 10.0 Å². The van der Waals surface area contributed by atoms with E-state index < -0.39 is 0 Å². The molecule has 19 heavy (non-hydrogen) atoms. The van der Waals surface area contributed by atoms with E-state index >= 15 is 0 Å². The quantitative estimate of drug-likeness (QED) is 0.897. The van der Waals surface area contributed by atoms with E-state index in [4.69, 9.17) is 28.5 Å². The summed E-state index contributed by atoms with van der Waals surface area (Å²) in [6.07, 6.45) is 0. The van der Waals surface area contributed by atoms with Gasteiger partial charge in [-0.15, -0.1) is 0 Å². The normalized spacial score (nSPS) is 10.0. The fourth-order valence-electron chi connectivity index (χ4n) is 1.58. The molecule has 0 bridgehead atoms. The Bertz CT molecular complexity index is 650. The number of nitriles is 1. The Morgan fingerprint density at radius 2 is 1.89 bits per heavy atom. The number of nitrogens with zero attached hydrogens (tertiary/aromatic N) is 1. The van der Waals surface area contributed by atoms with Gasteiger partial charge < -0.3 is 5.32 Å². The van der Waals surface area contributed by atoms with Gasteiger partial charge in [0.25, 0.3) is 0 Å². The van der Waals surface area contributed by atoms with Crippen molar-refractivity contribution in [3.8, 4) is 6.07 Å². The van der Waals surface area contributed by atoms with Crippen LogP contribution in [0.3, 0.4) is 0 Å². The van der Waals surface area contributed by atoms with Gasteiger partial charge in [0, 0.05) is 11.6 Å². The zero-order chi connectivity index (χ0) is 13.8. The molecule has 0 saturated heterocycles. The maximum atomic E-state index is 13.1. The first-order valence-corrected chi connectivity index (χ1v) is 6.23. The molecule has 0 aliphatic carbocycles. The van der Waals surface area contributed by atoms with Gasteiger partial charge >= 0.3 is 0 Å². The van der Waals surface area contributed by atoms with E-state index in [2.05, 4.69) is 5.32 Å². The van der Waals surface area contributed by atoms with Crippen LogP contribution < -0.4 is 5.32 Å². The summed E-state index contributed by atoms with van der Waals surface area (Å²) in [6, 6.07) is 11.1. The summed E-state index contributed by atoms with van der Waals surface area (Å²) >= 11 is 12.0. The molecule has 0 spiro atoms. The Balaban J connectivity index is 2.15. The fourth-order valence-corrected chi connectivity index (χ4v) is 2.02. The molecule has 2 rings (SSSR count). The Hall–Kier alpha value is -1.76. The standard InChI is InChI=1S/C14H9Cl2FN2/c15-12-4-3-11(17)6-14(12)19-8-10-2-1-9(7-18)5-13(10)16/h1-6,19H,8H2. The van der Waals surface area contributed by atoms with Crippen LogP contribution in [0.25, 0.3) is 0 Å². The van der Waals surface area contributed by atoms with Crippen molar-refractivity contribution in [2.75, 3.05) is 5.32 Å². The number of nitrogens with one attached hydrogen (secondary N) is 1. The van der Waals surface area contributed by atoms with Crippen molar-refractivity contribution in [2.45, 2.75) is 6.54 Å². The van der Waals surface area contributed by atoms with Gasteiger partial charge in [-0.1, -0.05) is 29.3 Å². The van der Waals surface area contributed by atoms with Gasteiger partial charge in [-0.3, -0.25) is 0 Å². The van der Waals surface area contributed by atoms with Gasteiger partial charge in [0.05, 0.1) is 22.3 Å². The lowest BCUT2D eigenvalue weighted by molar-refractivity contribution is 0.628. The highest BCUT2D eigenvalue weighted by atomic mass is 35.5. The maximum absolute atomic E-state index is 13.1. The van der Waals surface area contributed by atoms with Crippen molar-refractivity contribution in [3.05, 3.63) is 63.4 Å². The zero-order valence-electron chi connectivity index (χ0n) is 9.75. The van der Waals surface area contributed by atoms with Crippen LogP contribution in [0.4, 0.5) is 10.1 Å². The van der Waals surface area contributed by atoms with Crippen molar-refractivity contribution in [1.29, 1.82) is 5.26 Å². The monoisotopic (exact) mass is 294 g/mol. The average Bonchev–Trinajstić information content (AvgIpc) is 2.40. The molecular weight excluding hydrogens is 286 g/mol. The molecule has 0 aliphatic rings. The number of hydrogen-bond acceptors (Lipinski definition) is 2. The topological polar surface area (TPSA) is 35.8 Å². The third-order valence-electron chi connectivity index (χ3n) is 2.58. The van der Waals surface area contributed by atoms with Crippen LogP contribution in [0.1, 0.15) is 11.1 Å². The molecular formula is C14H9Cl2FN2. The van der Waals surface area contributed by atoms with Crippen LogP contribution in [0.5, 0.6) is 0 Å². The van der Waals surface area contributed by atoms with Gasteiger partial charge in [-0.05, 0) is 35.9 Å². The first-order valence-electron chi connectivity index (χ1n) is 5.47. The minimum Gasteiger partial charge on any atom is -0.380 e. The first kappa shape index (κ1) is 13.7. The summed E-state index contributed by atoms with van der Waals surface area (Å²) in [5.41, 5.74) is 1.81. The SMILES string of the molecule is N#Cc1ccc(CNc2cc(F)ccc2Cl)c(Cl)c1. The molecule has 2 nitrogen and oxygen atoms in total. The van der Waals surface area contributed by atoms with E-state index in [9.17, 15) is 4.39 Å². The van der Waals surface area contributed by atoms with Gasteiger partial charge in [-0.25, -0.2) is 4.39 Å². The summed E-state index contributed by atoms with van der Waals surface area (Å²) in [5, 5.41) is 12.7. The summed E-state index contributed by atoms with van der Waals surface area (Å²) in [5.74, 6) is -0.363. The van der Waals surface area contributed by atoms with Gasteiger partial charge in [0.1, 0.15) is 5.82 Å². The molecule has 0 amide bonds. The Morgan fingerprint density at radius 1 is 1.11 bits per heavy atom. The van der Waals surface area contributed by atoms with Crippen LogP contribution in [0, 0.1) is 17.1 Å². The smallest absolute Gasteiger partial charge is 0.125 e. The second-order valence-corrected chi connectivity index (χ2v) is 4.71. The van der Waals surface area contributed by atoms with E-state index in [1.165, 1.54) is 18.2 Å². The lowest BCUT2D eigenvalue weighted by atomic mass is 10.1. The highest BCUT2D eigenvalue weighted by Gasteiger charge is 2.05. The molecule has 0 saturated carbocycles. The first-order chi connectivity index (χ1) is 9.10. The number of benzene rings is 2. The predicted molar refractivity (Wildman–Crippen MR) is 74.9 cm³/mol. The number of anilines is 1. The van der Waals surface area contributed by atoms with Gasteiger partial charge in [-0.2, -0.15) is 5.26 Å². The molecule has 0 fully saturated rings. The average molecular weight is 295 g/mol.